The summed E-state index contributed by atoms with van der Waals surface area (Å²) >= 11 is 0. The number of aliphatic carboxylic acids is 1. The van der Waals surface area contributed by atoms with Gasteiger partial charge in [-0.3, -0.25) is 4.79 Å². The molecule has 0 radical (unpaired) electrons. The van der Waals surface area contributed by atoms with E-state index in [0.29, 0.717) is 19.6 Å². The minimum atomic E-state index is -0.884. The lowest BCUT2D eigenvalue weighted by molar-refractivity contribution is -0.327. The number of allylic oxidation sites excluding steroid dienone is 1. The third-order valence-corrected chi connectivity index (χ3v) is 4.06. The Labute approximate surface area is 108 Å². The van der Waals surface area contributed by atoms with Crippen LogP contribution < -0.4 is 0 Å². The topological polar surface area (TPSA) is 55.8 Å². The van der Waals surface area contributed by atoms with Gasteiger partial charge in [0.1, 0.15) is 5.92 Å². The summed E-state index contributed by atoms with van der Waals surface area (Å²) in [6, 6.07) is 0. The van der Waals surface area contributed by atoms with Crippen LogP contribution in [0.2, 0.25) is 0 Å². The maximum absolute atomic E-state index is 11.5. The average molecular weight is 254 g/mol. The largest absolute Gasteiger partial charge is 0.481 e. The Morgan fingerprint density at radius 1 is 1.33 bits per heavy atom. The van der Waals surface area contributed by atoms with E-state index in [1.165, 1.54) is 0 Å². The summed E-state index contributed by atoms with van der Waals surface area (Å²) in [7, 11) is 0. The van der Waals surface area contributed by atoms with Gasteiger partial charge < -0.3 is 14.6 Å². The fourth-order valence-electron chi connectivity index (χ4n) is 3.22. The van der Waals surface area contributed by atoms with Crippen molar-refractivity contribution >= 4 is 5.97 Å². The molecule has 1 N–H and O–H groups in total. The van der Waals surface area contributed by atoms with Crippen LogP contribution in [0, 0.1) is 11.8 Å². The third kappa shape index (κ3) is 2.45. The van der Waals surface area contributed by atoms with Crippen molar-refractivity contribution in [3.05, 3.63) is 12.7 Å². The van der Waals surface area contributed by atoms with Crippen LogP contribution in [0.3, 0.4) is 0 Å². The lowest BCUT2D eigenvalue weighted by Crippen LogP contribution is -2.57. The standard InChI is InChI=1S/C14H22O4/c1-2-3-6-11-7-4-8-12(13(15)16)14(11)17-9-5-10-18-14/h2,11-12H,1,3-10H2,(H,15,16)/t11-,12-/m0/s1. The predicted molar refractivity (Wildman–Crippen MR) is 67.1 cm³/mol. The van der Waals surface area contributed by atoms with E-state index >= 15 is 0 Å². The van der Waals surface area contributed by atoms with Gasteiger partial charge in [-0.25, -0.2) is 0 Å². The second-order valence-corrected chi connectivity index (χ2v) is 5.16. The van der Waals surface area contributed by atoms with E-state index < -0.39 is 17.7 Å². The summed E-state index contributed by atoms with van der Waals surface area (Å²) < 4.78 is 11.7. The van der Waals surface area contributed by atoms with Crippen molar-refractivity contribution in [3.8, 4) is 0 Å². The highest BCUT2D eigenvalue weighted by Crippen LogP contribution is 2.46. The Morgan fingerprint density at radius 3 is 2.67 bits per heavy atom. The molecule has 4 heteroatoms. The third-order valence-electron chi connectivity index (χ3n) is 4.06. The number of hydrogen-bond donors (Lipinski definition) is 1. The zero-order chi connectivity index (χ0) is 13.0. The number of hydrogen-bond acceptors (Lipinski definition) is 3. The number of ether oxygens (including phenoxy) is 2. The lowest BCUT2D eigenvalue weighted by atomic mass is 9.73. The second kappa shape index (κ2) is 5.85. The number of carboxylic acid groups (broad SMARTS) is 1. The van der Waals surface area contributed by atoms with Gasteiger partial charge in [-0.2, -0.15) is 0 Å². The molecule has 2 fully saturated rings. The molecule has 18 heavy (non-hydrogen) atoms. The number of carboxylic acids is 1. The highest BCUT2D eigenvalue weighted by Gasteiger charge is 2.53. The Bertz CT molecular complexity index is 307. The first kappa shape index (κ1) is 13.6. The summed E-state index contributed by atoms with van der Waals surface area (Å²) in [6.45, 7) is 4.95. The zero-order valence-electron chi connectivity index (χ0n) is 10.8. The van der Waals surface area contributed by atoms with Gasteiger partial charge in [0.15, 0.2) is 5.79 Å². The van der Waals surface area contributed by atoms with Gasteiger partial charge >= 0.3 is 5.97 Å². The highest BCUT2D eigenvalue weighted by atomic mass is 16.7. The summed E-state index contributed by atoms with van der Waals surface area (Å²) in [5.74, 6) is -2.03. The molecule has 1 aliphatic heterocycles. The van der Waals surface area contributed by atoms with Gasteiger partial charge in [-0.15, -0.1) is 6.58 Å². The molecule has 1 saturated carbocycles. The predicted octanol–water partition coefficient (Wildman–Crippen LogP) is 2.59. The van der Waals surface area contributed by atoms with Crippen LogP contribution in [0.1, 0.15) is 38.5 Å². The van der Waals surface area contributed by atoms with E-state index in [4.69, 9.17) is 9.47 Å². The molecule has 1 heterocycles. The van der Waals surface area contributed by atoms with Crippen molar-refractivity contribution < 1.29 is 19.4 Å². The first-order valence-corrected chi connectivity index (χ1v) is 6.82. The normalized spacial score (nSPS) is 31.1. The smallest absolute Gasteiger partial charge is 0.312 e. The molecular weight excluding hydrogens is 232 g/mol. The molecule has 0 bridgehead atoms. The molecule has 0 amide bonds. The summed E-state index contributed by atoms with van der Waals surface area (Å²) in [6.07, 6.45) is 7.08. The van der Waals surface area contributed by atoms with Gasteiger partial charge in [-0.05, 0) is 32.1 Å². The van der Waals surface area contributed by atoms with Crippen molar-refractivity contribution in [2.75, 3.05) is 13.2 Å². The Kier molecular flexibility index (Phi) is 4.40. The first-order valence-electron chi connectivity index (χ1n) is 6.82. The van der Waals surface area contributed by atoms with Crippen LogP contribution in [0.25, 0.3) is 0 Å². The van der Waals surface area contributed by atoms with E-state index in [2.05, 4.69) is 6.58 Å². The molecule has 2 rings (SSSR count). The monoisotopic (exact) mass is 254 g/mol. The molecule has 0 aromatic carbocycles. The average Bonchev–Trinajstić information content (AvgIpc) is 2.38. The Morgan fingerprint density at radius 2 is 2.06 bits per heavy atom. The fraction of sp³-hybridized carbons (Fsp3) is 0.786. The minimum absolute atomic E-state index is 0.172. The summed E-state index contributed by atoms with van der Waals surface area (Å²) in [5.41, 5.74) is 0. The van der Waals surface area contributed by atoms with Gasteiger partial charge in [0.05, 0.1) is 13.2 Å². The molecule has 1 saturated heterocycles. The van der Waals surface area contributed by atoms with Crippen LogP contribution in [-0.4, -0.2) is 30.1 Å². The molecular formula is C14H22O4. The van der Waals surface area contributed by atoms with Crippen molar-refractivity contribution in [1.82, 2.24) is 0 Å². The summed E-state index contributed by atoms with van der Waals surface area (Å²) in [4.78, 5) is 11.5. The van der Waals surface area contributed by atoms with E-state index in [0.717, 1.165) is 32.1 Å². The molecule has 1 spiro atoms. The quantitative estimate of drug-likeness (QED) is 0.783. The highest BCUT2D eigenvalue weighted by molar-refractivity contribution is 5.71. The van der Waals surface area contributed by atoms with Gasteiger partial charge in [0.25, 0.3) is 0 Å². The van der Waals surface area contributed by atoms with Gasteiger partial charge in [-0.1, -0.05) is 12.5 Å². The summed E-state index contributed by atoms with van der Waals surface area (Å²) in [5, 5.41) is 9.42. The van der Waals surface area contributed by atoms with Gasteiger partial charge in [0.2, 0.25) is 0 Å². The van der Waals surface area contributed by atoms with Crippen LogP contribution in [0.15, 0.2) is 12.7 Å². The minimum Gasteiger partial charge on any atom is -0.481 e. The van der Waals surface area contributed by atoms with Crippen LogP contribution >= 0.6 is 0 Å². The number of carbonyl (C=O) groups is 1. The molecule has 4 nitrogen and oxygen atoms in total. The van der Waals surface area contributed by atoms with Crippen LogP contribution in [-0.2, 0) is 14.3 Å². The maximum atomic E-state index is 11.5. The first-order chi connectivity index (χ1) is 8.70. The zero-order valence-corrected chi connectivity index (χ0v) is 10.8. The van der Waals surface area contributed by atoms with E-state index in [1.54, 1.807) is 0 Å². The molecule has 102 valence electrons. The van der Waals surface area contributed by atoms with Crippen LogP contribution in [0.4, 0.5) is 0 Å². The van der Waals surface area contributed by atoms with Crippen molar-refractivity contribution in [1.29, 1.82) is 0 Å². The Balaban J connectivity index is 2.20. The van der Waals surface area contributed by atoms with Crippen LogP contribution in [0.5, 0.6) is 0 Å². The second-order valence-electron chi connectivity index (χ2n) is 5.16. The molecule has 2 atom stereocenters. The lowest BCUT2D eigenvalue weighted by Gasteiger charge is -2.49. The molecule has 0 aromatic heterocycles. The van der Waals surface area contributed by atoms with Gasteiger partial charge in [0, 0.05) is 5.92 Å². The van der Waals surface area contributed by atoms with Crippen molar-refractivity contribution in [2.24, 2.45) is 11.8 Å². The molecule has 0 aromatic rings. The van der Waals surface area contributed by atoms with E-state index in [1.807, 2.05) is 6.08 Å². The van der Waals surface area contributed by atoms with E-state index in [-0.39, 0.29) is 5.92 Å². The Hall–Kier alpha value is -0.870. The van der Waals surface area contributed by atoms with Crippen molar-refractivity contribution in [3.63, 3.8) is 0 Å². The van der Waals surface area contributed by atoms with Crippen molar-refractivity contribution in [2.45, 2.75) is 44.3 Å². The molecule has 2 aliphatic rings. The molecule has 0 unspecified atom stereocenters. The van der Waals surface area contributed by atoms with E-state index in [9.17, 15) is 9.90 Å². The maximum Gasteiger partial charge on any atom is 0.312 e. The number of rotatable bonds is 4. The molecule has 1 aliphatic carbocycles. The fourth-order valence-corrected chi connectivity index (χ4v) is 3.22. The SMILES string of the molecule is C=CCC[C@H]1CCC[C@@H](C(=O)O)C12OCCCO2.